The minimum atomic E-state index is -2.19. The van der Waals surface area contributed by atoms with Crippen molar-refractivity contribution in [2.75, 3.05) is 0 Å². The third kappa shape index (κ3) is 7.94. The van der Waals surface area contributed by atoms with Crippen LogP contribution in [0.3, 0.4) is 0 Å². The second kappa shape index (κ2) is 17.6. The van der Waals surface area contributed by atoms with E-state index in [0.29, 0.717) is 39.4 Å². The van der Waals surface area contributed by atoms with Crippen LogP contribution < -0.4 is 5.19 Å². The van der Waals surface area contributed by atoms with E-state index >= 15 is 0 Å². The van der Waals surface area contributed by atoms with Crippen molar-refractivity contribution >= 4 is 57.1 Å². The quantitative estimate of drug-likeness (QED) is 0.123. The van der Waals surface area contributed by atoms with Gasteiger partial charge in [0.2, 0.25) is 5.71 Å². The molecule has 0 atom stereocenters. The number of aromatic nitrogens is 4. The van der Waals surface area contributed by atoms with Crippen molar-refractivity contribution in [2.24, 2.45) is 0 Å². The van der Waals surface area contributed by atoms with Crippen LogP contribution in [0.25, 0.3) is 83.3 Å². The third-order valence-corrected chi connectivity index (χ3v) is 15.4. The monoisotopic (exact) mass is 1100 g/mol. The van der Waals surface area contributed by atoms with E-state index in [2.05, 4.69) is 136 Å². The van der Waals surface area contributed by atoms with Crippen molar-refractivity contribution in [2.45, 2.75) is 66.0 Å². The van der Waals surface area contributed by atoms with Gasteiger partial charge in [-0.3, -0.25) is 9.37 Å². The van der Waals surface area contributed by atoms with Crippen LogP contribution >= 0.6 is 0 Å². The summed E-state index contributed by atoms with van der Waals surface area (Å²) in [5.74, 6) is 0.351. The molecule has 0 saturated heterocycles. The molecule has 1 aliphatic rings. The first-order chi connectivity index (χ1) is 34.7. The van der Waals surface area contributed by atoms with E-state index in [9.17, 15) is 4.39 Å². The first kappa shape index (κ1) is 40.1. The molecular weight excluding hydrogens is 1040 g/mol. The second-order valence-corrected chi connectivity index (χ2v) is 24.2. The molecule has 1 aliphatic carbocycles. The molecule has 11 aromatic rings. The van der Waals surface area contributed by atoms with Gasteiger partial charge in [0.25, 0.3) is 0 Å². The number of aryl methyl sites for hydroxylation is 2. The SMILES string of the molecule is [2H]C([2H])([2H])c1cc(-c2[c-]cc(F)cc2)ncc1[Si](C)(C)C.[2H]C([2H])(c1ccccc1)c1ccc2c(n1)oc1c(-c3nc4c5ccccc5ccc4n3-c3c(C)cc4c(c3C)C(C)(C)c3ccccc3-4)[c-]ccc12.[Ir]. The Morgan fingerprint density at radius 1 is 0.783 bits per heavy atom. The predicted octanol–water partition coefficient (Wildman–Crippen LogP) is 15.0. The van der Waals surface area contributed by atoms with E-state index in [1.807, 2.05) is 36.4 Å². The number of hydrogen-bond donors (Lipinski definition) is 0. The Morgan fingerprint density at radius 3 is 2.35 bits per heavy atom. The summed E-state index contributed by atoms with van der Waals surface area (Å²) < 4.78 is 63.0. The Balaban J connectivity index is 0.000000241. The molecule has 0 saturated carbocycles. The van der Waals surface area contributed by atoms with Crippen LogP contribution in [0, 0.1) is 38.6 Å². The van der Waals surface area contributed by atoms with Crippen LogP contribution in [0.2, 0.25) is 19.6 Å². The minimum absolute atomic E-state index is 0. The fourth-order valence-electron chi connectivity index (χ4n) is 10.2. The second-order valence-electron chi connectivity index (χ2n) is 19.2. The van der Waals surface area contributed by atoms with Gasteiger partial charge in [0.15, 0.2) is 0 Å². The van der Waals surface area contributed by atoms with E-state index in [1.54, 1.807) is 36.5 Å². The van der Waals surface area contributed by atoms with Crippen LogP contribution in [0.5, 0.6) is 0 Å². The summed E-state index contributed by atoms with van der Waals surface area (Å²) in [4.78, 5) is 14.6. The van der Waals surface area contributed by atoms with E-state index in [-0.39, 0.29) is 31.3 Å². The molecule has 5 nitrogen and oxygen atoms in total. The molecule has 0 spiro atoms. The topological polar surface area (TPSA) is 56.7 Å². The molecule has 7 aromatic carbocycles. The molecule has 0 aliphatic heterocycles. The molecule has 8 heteroatoms. The molecule has 0 N–H and O–H groups in total. The molecule has 4 aromatic heterocycles. The summed E-state index contributed by atoms with van der Waals surface area (Å²) in [6.45, 7) is 13.2. The van der Waals surface area contributed by atoms with Gasteiger partial charge in [0.05, 0.1) is 30.5 Å². The molecular formula is C61H51FIrN4OSi-2. The Kier molecular flexibility index (Phi) is 10.2. The van der Waals surface area contributed by atoms with Gasteiger partial charge >= 0.3 is 0 Å². The van der Waals surface area contributed by atoms with E-state index in [4.69, 9.17) is 21.2 Å². The Labute approximate surface area is 424 Å². The maximum atomic E-state index is 13.0. The largest absolute Gasteiger partial charge is 0.486 e. The van der Waals surface area contributed by atoms with E-state index in [1.165, 1.54) is 39.9 Å². The Morgan fingerprint density at radius 2 is 1.57 bits per heavy atom. The normalized spacial score (nSPS) is 14.2. The first-order valence-electron chi connectivity index (χ1n) is 25.4. The molecule has 0 amide bonds. The predicted molar refractivity (Wildman–Crippen MR) is 280 cm³/mol. The smallest absolute Gasteiger partial charge is 0.216 e. The number of rotatable bonds is 6. The number of benzene rings is 7. The van der Waals surface area contributed by atoms with Gasteiger partial charge in [0, 0.05) is 72.9 Å². The number of imidazole rings is 1. The Bertz CT molecular complexity index is 3990. The number of halogens is 1. The van der Waals surface area contributed by atoms with Gasteiger partial charge in [-0.2, -0.15) is 0 Å². The zero-order valence-electron chi connectivity index (χ0n) is 44.3. The number of furan rings is 1. The van der Waals surface area contributed by atoms with Crippen LogP contribution in [0.4, 0.5) is 4.39 Å². The van der Waals surface area contributed by atoms with Crippen molar-refractivity contribution in [3.05, 3.63) is 209 Å². The van der Waals surface area contributed by atoms with Gasteiger partial charge in [-0.1, -0.05) is 141 Å². The summed E-state index contributed by atoms with van der Waals surface area (Å²) in [5, 5.41) is 4.73. The van der Waals surface area contributed by atoms with Crippen molar-refractivity contribution in [3.8, 4) is 39.5 Å². The number of nitrogens with zero attached hydrogens (tertiary/aromatic N) is 4. The maximum absolute atomic E-state index is 13.0. The van der Waals surface area contributed by atoms with Crippen molar-refractivity contribution in [3.63, 3.8) is 0 Å². The Hall–Kier alpha value is -6.83. The van der Waals surface area contributed by atoms with E-state index in [0.717, 1.165) is 60.4 Å². The van der Waals surface area contributed by atoms with Crippen molar-refractivity contribution in [1.29, 1.82) is 0 Å². The molecule has 12 rings (SSSR count). The minimum Gasteiger partial charge on any atom is -0.486 e. The van der Waals surface area contributed by atoms with Crippen molar-refractivity contribution < 1.29 is 35.8 Å². The van der Waals surface area contributed by atoms with Crippen LogP contribution in [0.1, 0.15) is 59.8 Å². The van der Waals surface area contributed by atoms with Gasteiger partial charge in [-0.25, -0.2) is 4.98 Å². The number of hydrogen-bond acceptors (Lipinski definition) is 4. The van der Waals surface area contributed by atoms with Gasteiger partial charge in [-0.15, -0.1) is 48.0 Å². The summed E-state index contributed by atoms with van der Waals surface area (Å²) in [7, 11) is -1.81. The molecule has 69 heavy (non-hydrogen) atoms. The van der Waals surface area contributed by atoms with Crippen molar-refractivity contribution in [1.82, 2.24) is 19.5 Å². The summed E-state index contributed by atoms with van der Waals surface area (Å²) in [6, 6.07) is 52.6. The number of pyridine rings is 2. The average Bonchev–Trinajstić information content (AvgIpc) is 4.01. The van der Waals surface area contributed by atoms with E-state index < -0.39 is 21.3 Å². The summed E-state index contributed by atoms with van der Waals surface area (Å²) in [6.07, 6.45) is -0.144. The number of fused-ring (bicyclic) bond motifs is 9. The average molecular weight is 1100 g/mol. The molecule has 1 radical (unpaired) electrons. The van der Waals surface area contributed by atoms with Gasteiger partial charge in [0.1, 0.15) is 0 Å². The standard InChI is InChI=1S/C46H34N3O.C15H17FNSi.Ir/c1-27-25-37-33-17-10-11-20-38(33)46(3,4)40(37)28(2)42(27)49-39-24-21-30-15-8-9-16-32(30)41(39)48-44(49)36-19-12-18-34-35-23-22-31(47-45(35)50-43(34)36)26-29-13-6-5-7-14-29;1-11-9-14(12-5-7-13(16)8-6-12)17-10-15(11)18(2,3)4;/h5-18,20-25H,26H2,1-4H3;5,7-10H,1-4H3;/q2*-1;/i26D2;1D3;. The van der Waals surface area contributed by atoms with Gasteiger partial charge in [-0.05, 0) is 100 Å². The molecule has 0 bridgehead atoms. The summed E-state index contributed by atoms with van der Waals surface area (Å²) >= 11 is 0. The molecule has 0 fully saturated rings. The first-order valence-corrected chi connectivity index (χ1v) is 26.4. The van der Waals surface area contributed by atoms with Crippen LogP contribution in [-0.4, -0.2) is 27.6 Å². The van der Waals surface area contributed by atoms with Crippen LogP contribution in [-0.2, 0) is 31.9 Å². The van der Waals surface area contributed by atoms with Crippen LogP contribution in [0.15, 0.2) is 156 Å². The van der Waals surface area contributed by atoms with Gasteiger partial charge < -0.3 is 14.0 Å². The third-order valence-electron chi connectivity index (χ3n) is 13.4. The summed E-state index contributed by atoms with van der Waals surface area (Å²) in [5.41, 5.74) is 14.5. The molecule has 0 unspecified atom stereocenters. The molecule has 4 heterocycles. The zero-order chi connectivity index (χ0) is 51.4. The zero-order valence-corrected chi connectivity index (χ0v) is 42.7. The fourth-order valence-corrected chi connectivity index (χ4v) is 11.6. The maximum Gasteiger partial charge on any atom is 0.216 e. The fraction of sp³-hybridized carbons (Fsp3) is 0.164. The molecule has 343 valence electrons.